The molecule has 0 aliphatic carbocycles. The Morgan fingerprint density at radius 3 is 2.00 bits per heavy atom. The van der Waals surface area contributed by atoms with Crippen LogP contribution in [0.15, 0.2) is 0 Å². The minimum atomic E-state index is -2.43. The summed E-state index contributed by atoms with van der Waals surface area (Å²) in [6, 6.07) is -0.296. The Morgan fingerprint density at radius 2 is 2.00 bits per heavy atom. The number of carbonyl (C=O) groups excluding carboxylic acids is 1. The second-order valence-corrected chi connectivity index (χ2v) is 2.98. The van der Waals surface area contributed by atoms with E-state index >= 15 is 0 Å². The molecule has 0 aliphatic heterocycles. The minimum absolute atomic E-state index is 0.296. The molecule has 0 radical (unpaired) electrons. The first kappa shape index (κ1) is 9.58. The minimum Gasteiger partial charge on any atom is -0.755 e. The molecule has 0 aliphatic rings. The Labute approximate surface area is 62.6 Å². The average Bonchev–Trinajstić information content (AvgIpc) is 1.59. The first-order chi connectivity index (χ1) is 4.46. The summed E-state index contributed by atoms with van der Waals surface area (Å²) in [5.41, 5.74) is 0. The van der Waals surface area contributed by atoms with Crippen molar-refractivity contribution in [3.8, 4) is 0 Å². The predicted molar refractivity (Wildman–Crippen MR) is 36.6 cm³/mol. The molecule has 0 saturated heterocycles. The Kier molecular flexibility index (Phi) is 3.52. The number of hydrogen-bond acceptors (Lipinski definition) is 3. The third-order valence-corrected chi connectivity index (χ3v) is 1.94. The van der Waals surface area contributed by atoms with Crippen molar-refractivity contribution in [1.82, 2.24) is 4.31 Å². The molecule has 0 aromatic carbocycles. The van der Waals surface area contributed by atoms with Crippen LogP contribution in [0.5, 0.6) is 0 Å². The fourth-order valence-corrected chi connectivity index (χ4v) is 1.19. The van der Waals surface area contributed by atoms with E-state index in [1.54, 1.807) is 13.8 Å². The van der Waals surface area contributed by atoms with Crippen molar-refractivity contribution in [3.05, 3.63) is 0 Å². The van der Waals surface area contributed by atoms with Gasteiger partial charge in [0.2, 0.25) is 5.91 Å². The molecule has 60 valence electrons. The van der Waals surface area contributed by atoms with Crippen LogP contribution in [0.1, 0.15) is 20.8 Å². The van der Waals surface area contributed by atoms with Crippen molar-refractivity contribution in [3.63, 3.8) is 0 Å². The van der Waals surface area contributed by atoms with Crippen molar-refractivity contribution in [2.24, 2.45) is 0 Å². The van der Waals surface area contributed by atoms with Crippen LogP contribution in [0.25, 0.3) is 0 Å². The van der Waals surface area contributed by atoms with Crippen molar-refractivity contribution < 1.29 is 13.6 Å². The molecular formula is C5H10NO3S-. The quantitative estimate of drug-likeness (QED) is 0.541. The van der Waals surface area contributed by atoms with Gasteiger partial charge in [-0.05, 0) is 13.8 Å². The Balaban J connectivity index is 4.27. The highest BCUT2D eigenvalue weighted by molar-refractivity contribution is 7.77. The molecule has 0 aromatic heterocycles. The first-order valence-corrected chi connectivity index (χ1v) is 3.89. The number of nitrogens with zero attached hydrogens (tertiary/aromatic N) is 1. The zero-order valence-electron chi connectivity index (χ0n) is 6.16. The third-order valence-electron chi connectivity index (χ3n) is 0.940. The summed E-state index contributed by atoms with van der Waals surface area (Å²) in [5, 5.41) is 0. The van der Waals surface area contributed by atoms with Gasteiger partial charge in [0.15, 0.2) is 0 Å². The highest BCUT2D eigenvalue weighted by Crippen LogP contribution is 2.00. The second-order valence-electron chi connectivity index (χ2n) is 2.16. The average molecular weight is 164 g/mol. The maximum atomic E-state index is 10.6. The molecule has 0 spiro atoms. The lowest BCUT2D eigenvalue weighted by Gasteiger charge is -2.26. The smallest absolute Gasteiger partial charge is 0.230 e. The maximum absolute atomic E-state index is 10.6. The maximum Gasteiger partial charge on any atom is 0.230 e. The second kappa shape index (κ2) is 3.68. The van der Waals surface area contributed by atoms with E-state index in [0.717, 1.165) is 4.31 Å². The van der Waals surface area contributed by atoms with Gasteiger partial charge in [-0.15, -0.1) is 0 Å². The van der Waals surface area contributed by atoms with Crippen LogP contribution in [0.4, 0.5) is 0 Å². The van der Waals surface area contributed by atoms with Gasteiger partial charge in [0.05, 0.1) is 0 Å². The van der Waals surface area contributed by atoms with Crippen LogP contribution >= 0.6 is 0 Å². The summed E-state index contributed by atoms with van der Waals surface area (Å²) in [6.45, 7) is 4.49. The van der Waals surface area contributed by atoms with Gasteiger partial charge in [-0.1, -0.05) is 0 Å². The molecule has 4 nitrogen and oxygen atoms in total. The normalized spacial score (nSPS) is 13.3. The fraction of sp³-hybridized carbons (Fsp3) is 0.800. The molecule has 5 heteroatoms. The highest BCUT2D eigenvalue weighted by Gasteiger charge is 2.11. The van der Waals surface area contributed by atoms with Gasteiger partial charge in [0.25, 0.3) is 0 Å². The monoisotopic (exact) mass is 164 g/mol. The van der Waals surface area contributed by atoms with E-state index in [4.69, 9.17) is 0 Å². The van der Waals surface area contributed by atoms with Crippen LogP contribution in [0.3, 0.4) is 0 Å². The van der Waals surface area contributed by atoms with Crippen LogP contribution in [0.2, 0.25) is 0 Å². The van der Waals surface area contributed by atoms with E-state index in [0.29, 0.717) is 0 Å². The Morgan fingerprint density at radius 1 is 1.60 bits per heavy atom. The zero-order chi connectivity index (χ0) is 8.31. The van der Waals surface area contributed by atoms with E-state index in [1.165, 1.54) is 6.92 Å². The van der Waals surface area contributed by atoms with Crippen molar-refractivity contribution >= 4 is 17.2 Å². The lowest BCUT2D eigenvalue weighted by atomic mass is 10.4. The summed E-state index contributed by atoms with van der Waals surface area (Å²) >= 11 is -2.43. The van der Waals surface area contributed by atoms with Crippen LogP contribution < -0.4 is 0 Å². The standard InChI is InChI=1S/C5H11NO3S/c1-4(2)6(5(3)7)10(8)9/h4H,1-3H3,(H,8,9)/p-1. The number of carbonyl (C=O) groups is 1. The van der Waals surface area contributed by atoms with Crippen LogP contribution in [-0.4, -0.2) is 25.0 Å². The number of rotatable bonds is 2. The molecule has 1 atom stereocenters. The molecule has 0 saturated carbocycles. The lowest BCUT2D eigenvalue weighted by Crippen LogP contribution is -2.36. The molecular weight excluding hydrogens is 154 g/mol. The van der Waals surface area contributed by atoms with Gasteiger partial charge in [-0.25, -0.2) is 0 Å². The van der Waals surface area contributed by atoms with Crippen molar-refractivity contribution in [2.75, 3.05) is 0 Å². The highest BCUT2D eigenvalue weighted by atomic mass is 32.2. The molecule has 0 bridgehead atoms. The summed E-state index contributed by atoms with van der Waals surface area (Å²) in [5.74, 6) is -0.455. The molecule has 0 heterocycles. The van der Waals surface area contributed by atoms with Gasteiger partial charge in [-0.3, -0.25) is 13.3 Å². The zero-order valence-corrected chi connectivity index (χ0v) is 6.97. The van der Waals surface area contributed by atoms with Gasteiger partial charge in [0.1, 0.15) is 0 Å². The van der Waals surface area contributed by atoms with E-state index in [1.807, 2.05) is 0 Å². The Hall–Kier alpha value is -0.420. The SMILES string of the molecule is CC(=O)N(C(C)C)S(=O)[O-]. The molecule has 0 N–H and O–H groups in total. The molecule has 0 rings (SSSR count). The predicted octanol–water partition coefficient (Wildman–Crippen LogP) is 0.0374. The van der Waals surface area contributed by atoms with Crippen LogP contribution in [-0.2, 0) is 16.1 Å². The van der Waals surface area contributed by atoms with Crippen molar-refractivity contribution in [1.29, 1.82) is 0 Å². The Bertz CT molecular complexity index is 143. The number of amides is 1. The van der Waals surface area contributed by atoms with Crippen LogP contribution in [0, 0.1) is 0 Å². The van der Waals surface area contributed by atoms with Gasteiger partial charge < -0.3 is 4.55 Å². The molecule has 1 amide bonds. The molecule has 1 unspecified atom stereocenters. The fourth-order valence-electron chi connectivity index (χ4n) is 0.641. The van der Waals surface area contributed by atoms with Crippen molar-refractivity contribution in [2.45, 2.75) is 26.8 Å². The van der Waals surface area contributed by atoms with Gasteiger partial charge in [-0.2, -0.15) is 0 Å². The third kappa shape index (κ3) is 2.45. The van der Waals surface area contributed by atoms with E-state index in [-0.39, 0.29) is 6.04 Å². The van der Waals surface area contributed by atoms with Gasteiger partial charge >= 0.3 is 0 Å². The first-order valence-electron chi connectivity index (χ1n) is 2.86. The van der Waals surface area contributed by atoms with Gasteiger partial charge in [0, 0.05) is 24.2 Å². The van der Waals surface area contributed by atoms with E-state index in [2.05, 4.69) is 0 Å². The number of hydrogen-bond donors (Lipinski definition) is 0. The van der Waals surface area contributed by atoms with E-state index in [9.17, 15) is 13.6 Å². The molecule has 0 fully saturated rings. The topological polar surface area (TPSA) is 60.4 Å². The van der Waals surface area contributed by atoms with E-state index < -0.39 is 17.2 Å². The largest absolute Gasteiger partial charge is 0.755 e. The molecule has 0 aromatic rings. The summed E-state index contributed by atoms with van der Waals surface area (Å²) in [6.07, 6.45) is 0. The summed E-state index contributed by atoms with van der Waals surface area (Å²) in [7, 11) is 0. The molecule has 10 heavy (non-hydrogen) atoms. The lowest BCUT2D eigenvalue weighted by molar-refractivity contribution is -0.125. The summed E-state index contributed by atoms with van der Waals surface area (Å²) < 4.78 is 21.4. The summed E-state index contributed by atoms with van der Waals surface area (Å²) in [4.78, 5) is 10.6.